The summed E-state index contributed by atoms with van der Waals surface area (Å²) in [6, 6.07) is 7.97. The summed E-state index contributed by atoms with van der Waals surface area (Å²) >= 11 is 0. The normalized spacial score (nSPS) is 14.7. The monoisotopic (exact) mass is 421 g/mol. The van der Waals surface area contributed by atoms with Crippen LogP contribution in [0.4, 0.5) is 5.69 Å². The summed E-state index contributed by atoms with van der Waals surface area (Å²) in [5.41, 5.74) is 5.75. The molecule has 4 rings (SSSR count). The second-order valence-electron chi connectivity index (χ2n) is 8.04. The summed E-state index contributed by atoms with van der Waals surface area (Å²) in [4.78, 5) is 17.7. The summed E-state index contributed by atoms with van der Waals surface area (Å²) in [5.74, 6) is -0.0802. The number of benzene rings is 1. The molecule has 1 aromatic carbocycles. The first-order valence-electron chi connectivity index (χ1n) is 11.2. The molecule has 1 amide bonds. The fourth-order valence-corrected chi connectivity index (χ4v) is 4.08. The van der Waals surface area contributed by atoms with Gasteiger partial charge in [-0.2, -0.15) is 5.10 Å². The lowest BCUT2D eigenvalue weighted by atomic mass is 10.0. The van der Waals surface area contributed by atoms with Crippen molar-refractivity contribution >= 4 is 22.6 Å². The predicted octanol–water partition coefficient (Wildman–Crippen LogP) is 3.84. The molecule has 0 saturated carbocycles. The van der Waals surface area contributed by atoms with Gasteiger partial charge in [-0.1, -0.05) is 24.6 Å². The molecule has 2 N–H and O–H groups in total. The summed E-state index contributed by atoms with van der Waals surface area (Å²) in [5, 5.41) is 12.4. The first-order valence-corrected chi connectivity index (χ1v) is 11.2. The van der Waals surface area contributed by atoms with Gasteiger partial charge in [-0.25, -0.2) is 9.67 Å². The average Bonchev–Trinajstić information content (AvgIpc) is 3.22. The molecule has 1 aliphatic rings. The van der Waals surface area contributed by atoms with E-state index >= 15 is 0 Å². The quantitative estimate of drug-likeness (QED) is 0.606. The first kappa shape index (κ1) is 21.3. The van der Waals surface area contributed by atoms with Crippen molar-refractivity contribution in [2.45, 2.75) is 59.2 Å². The molecule has 7 heteroatoms. The van der Waals surface area contributed by atoms with Crippen LogP contribution in [-0.4, -0.2) is 39.9 Å². The van der Waals surface area contributed by atoms with Crippen molar-refractivity contribution in [2.75, 3.05) is 18.5 Å². The number of ether oxygens (including phenoxy) is 1. The van der Waals surface area contributed by atoms with Gasteiger partial charge >= 0.3 is 0 Å². The van der Waals surface area contributed by atoms with E-state index in [2.05, 4.69) is 29.6 Å². The van der Waals surface area contributed by atoms with E-state index in [0.29, 0.717) is 18.2 Å². The number of aromatic nitrogens is 3. The Bertz CT molecular complexity index is 1050. The second kappa shape index (κ2) is 9.47. The van der Waals surface area contributed by atoms with Crippen molar-refractivity contribution in [3.05, 3.63) is 52.8 Å². The Morgan fingerprint density at radius 2 is 1.94 bits per heavy atom. The average molecular weight is 422 g/mol. The Labute approximate surface area is 183 Å². The second-order valence-corrected chi connectivity index (χ2v) is 8.04. The highest BCUT2D eigenvalue weighted by molar-refractivity contribution is 5.95. The van der Waals surface area contributed by atoms with Crippen molar-refractivity contribution < 1.29 is 9.53 Å². The van der Waals surface area contributed by atoms with Gasteiger partial charge in [-0.15, -0.1) is 0 Å². The number of anilines is 1. The number of nitrogens with one attached hydrogen (secondary N) is 2. The number of fused-ring (bicyclic) bond motifs is 1. The molecule has 7 nitrogen and oxygen atoms in total. The predicted molar refractivity (Wildman–Crippen MR) is 122 cm³/mol. The lowest BCUT2D eigenvalue weighted by Gasteiger charge is -2.26. The summed E-state index contributed by atoms with van der Waals surface area (Å²) < 4.78 is 7.46. The molecular formula is C24H31N5O2. The molecule has 31 heavy (non-hydrogen) atoms. The zero-order chi connectivity index (χ0) is 21.8. The number of amides is 1. The number of aryl methyl sites for hydroxylation is 3. The zero-order valence-electron chi connectivity index (χ0n) is 18.6. The maximum absolute atomic E-state index is 12.8. The third-order valence-electron chi connectivity index (χ3n) is 5.92. The number of pyridine rings is 1. The van der Waals surface area contributed by atoms with Gasteiger partial charge in [0.25, 0.3) is 5.91 Å². The topological polar surface area (TPSA) is 81.1 Å². The molecule has 2 aromatic heterocycles. The fourth-order valence-electron chi connectivity index (χ4n) is 4.08. The number of rotatable bonds is 7. The molecule has 1 aliphatic heterocycles. The molecular weight excluding hydrogens is 390 g/mol. The summed E-state index contributed by atoms with van der Waals surface area (Å²) in [6.07, 6.45) is 4.59. The number of carbonyl (C=O) groups excluding carboxylic acids is 1. The lowest BCUT2D eigenvalue weighted by Crippen LogP contribution is -2.30. The van der Waals surface area contributed by atoms with Gasteiger partial charge in [0.2, 0.25) is 0 Å². The van der Waals surface area contributed by atoms with Crippen LogP contribution in [0.25, 0.3) is 11.0 Å². The van der Waals surface area contributed by atoms with Crippen LogP contribution >= 0.6 is 0 Å². The minimum Gasteiger partial charge on any atom is -0.381 e. The third-order valence-corrected chi connectivity index (χ3v) is 5.92. The third kappa shape index (κ3) is 4.56. The highest BCUT2D eigenvalue weighted by atomic mass is 16.5. The maximum Gasteiger partial charge on any atom is 0.251 e. The zero-order valence-corrected chi connectivity index (χ0v) is 18.6. The molecule has 3 heterocycles. The van der Waals surface area contributed by atoms with E-state index in [1.165, 1.54) is 0 Å². The molecule has 3 aromatic rings. The molecule has 1 saturated heterocycles. The van der Waals surface area contributed by atoms with Gasteiger partial charge in [-0.3, -0.25) is 4.79 Å². The number of hydrogen-bond acceptors (Lipinski definition) is 5. The van der Waals surface area contributed by atoms with Crippen LogP contribution in [0.2, 0.25) is 0 Å². The van der Waals surface area contributed by atoms with Crippen LogP contribution in [0.15, 0.2) is 30.5 Å². The van der Waals surface area contributed by atoms with Gasteiger partial charge in [-0.05, 0) is 45.2 Å². The Morgan fingerprint density at radius 1 is 1.19 bits per heavy atom. The first-order chi connectivity index (χ1) is 15.1. The molecule has 1 fully saturated rings. The standard InChI is InChI=1S/C24H31N5O2/c1-4-21-19(14-25-24(30)17-8-6-16(3)7-9-17)22(27-18-10-12-31-13-11-18)20-15-26-29(5-2)23(20)28-21/h6-9,15,18H,4-5,10-14H2,1-3H3,(H,25,30)(H,27,28). The largest absolute Gasteiger partial charge is 0.381 e. The van der Waals surface area contributed by atoms with Gasteiger partial charge in [0, 0.05) is 49.2 Å². The summed E-state index contributed by atoms with van der Waals surface area (Å²) in [6.45, 7) is 8.90. The van der Waals surface area contributed by atoms with E-state index in [1.807, 2.05) is 42.1 Å². The molecule has 0 radical (unpaired) electrons. The van der Waals surface area contributed by atoms with Gasteiger partial charge in [0.1, 0.15) is 0 Å². The molecule has 0 bridgehead atoms. The molecule has 0 unspecified atom stereocenters. The fraction of sp³-hybridized carbons (Fsp3) is 0.458. The molecule has 164 valence electrons. The Balaban J connectivity index is 1.68. The van der Waals surface area contributed by atoms with E-state index < -0.39 is 0 Å². The summed E-state index contributed by atoms with van der Waals surface area (Å²) in [7, 11) is 0. The van der Waals surface area contributed by atoms with Crippen molar-refractivity contribution in [3.63, 3.8) is 0 Å². The van der Waals surface area contributed by atoms with Crippen LogP contribution < -0.4 is 10.6 Å². The van der Waals surface area contributed by atoms with Gasteiger partial charge < -0.3 is 15.4 Å². The van der Waals surface area contributed by atoms with Crippen molar-refractivity contribution in [3.8, 4) is 0 Å². The molecule has 0 aliphatic carbocycles. The Hall–Kier alpha value is -2.93. The smallest absolute Gasteiger partial charge is 0.251 e. The molecule has 0 spiro atoms. The van der Waals surface area contributed by atoms with Crippen LogP contribution in [-0.2, 0) is 24.2 Å². The van der Waals surface area contributed by atoms with E-state index in [4.69, 9.17) is 9.72 Å². The van der Waals surface area contributed by atoms with E-state index in [0.717, 1.165) is 72.6 Å². The lowest BCUT2D eigenvalue weighted by molar-refractivity contribution is 0.0904. The van der Waals surface area contributed by atoms with Crippen LogP contribution in [0, 0.1) is 6.92 Å². The van der Waals surface area contributed by atoms with Crippen LogP contribution in [0.1, 0.15) is 53.9 Å². The SMILES string of the molecule is CCc1nc2c(cnn2CC)c(NC2CCOCC2)c1CNC(=O)c1ccc(C)cc1. The number of carbonyl (C=O) groups is 1. The minimum absolute atomic E-state index is 0.0802. The number of hydrogen-bond donors (Lipinski definition) is 2. The molecule has 0 atom stereocenters. The van der Waals surface area contributed by atoms with E-state index in [9.17, 15) is 4.79 Å². The van der Waals surface area contributed by atoms with Gasteiger partial charge in [0.15, 0.2) is 5.65 Å². The van der Waals surface area contributed by atoms with Crippen LogP contribution in [0.3, 0.4) is 0 Å². The highest BCUT2D eigenvalue weighted by Crippen LogP contribution is 2.31. The Morgan fingerprint density at radius 3 is 2.61 bits per heavy atom. The number of nitrogens with zero attached hydrogens (tertiary/aromatic N) is 3. The van der Waals surface area contributed by atoms with Crippen molar-refractivity contribution in [2.24, 2.45) is 0 Å². The van der Waals surface area contributed by atoms with E-state index in [1.54, 1.807) is 0 Å². The van der Waals surface area contributed by atoms with Crippen LogP contribution in [0.5, 0.6) is 0 Å². The Kier molecular flexibility index (Phi) is 6.51. The van der Waals surface area contributed by atoms with Crippen molar-refractivity contribution in [1.29, 1.82) is 0 Å². The minimum atomic E-state index is -0.0802. The van der Waals surface area contributed by atoms with Crippen molar-refractivity contribution in [1.82, 2.24) is 20.1 Å². The van der Waals surface area contributed by atoms with Gasteiger partial charge in [0.05, 0.1) is 17.3 Å². The highest BCUT2D eigenvalue weighted by Gasteiger charge is 2.22. The maximum atomic E-state index is 12.8. The van der Waals surface area contributed by atoms with E-state index in [-0.39, 0.29) is 5.91 Å².